The molecule has 0 aliphatic carbocycles. The van der Waals surface area contributed by atoms with Gasteiger partial charge in [0, 0.05) is 0 Å². The molecule has 0 N–H and O–H groups in total. The Morgan fingerprint density at radius 3 is 2.71 bits per heavy atom. The first-order valence-electron chi connectivity index (χ1n) is 4.08. The zero-order chi connectivity index (χ0) is 10.7. The van der Waals surface area contributed by atoms with Crippen molar-refractivity contribution in [2.75, 3.05) is 7.11 Å². The van der Waals surface area contributed by atoms with Gasteiger partial charge < -0.3 is 4.74 Å². The smallest absolute Gasteiger partial charge is 0.183 e. The molecule has 76 valence electrons. The Balaban J connectivity index is 3.12. The highest BCUT2D eigenvalue weighted by molar-refractivity contribution is 6.33. The number of ether oxygens (including phenoxy) is 1. The Hall–Kier alpha value is -1.09. The number of hydrogen-bond donors (Lipinski definition) is 0. The number of Topliss-reactive ketones (excluding diaryl/α,β-unsaturated/α-hetero) is 1. The first-order valence-corrected chi connectivity index (χ1v) is 4.51. The third kappa shape index (κ3) is 2.23. The Bertz CT molecular complexity index is 350. The summed E-state index contributed by atoms with van der Waals surface area (Å²) in [5.41, 5.74) is -0.0353. The molecule has 1 aromatic carbocycles. The van der Waals surface area contributed by atoms with Crippen LogP contribution in [0.25, 0.3) is 0 Å². The number of hydrogen-bond acceptors (Lipinski definition) is 2. The van der Waals surface area contributed by atoms with Gasteiger partial charge in [-0.05, 0) is 25.1 Å². The van der Waals surface area contributed by atoms with Crippen LogP contribution in [0.15, 0.2) is 18.2 Å². The molecule has 0 aliphatic rings. The van der Waals surface area contributed by atoms with Crippen molar-refractivity contribution in [3.63, 3.8) is 0 Å². The van der Waals surface area contributed by atoms with Gasteiger partial charge in [-0.1, -0.05) is 0 Å². The van der Waals surface area contributed by atoms with Gasteiger partial charge in [-0.15, -0.1) is 11.6 Å². The predicted octanol–water partition coefficient (Wildman–Crippen LogP) is 2.64. The second kappa shape index (κ2) is 4.42. The van der Waals surface area contributed by atoms with Crippen molar-refractivity contribution in [2.45, 2.75) is 12.3 Å². The van der Waals surface area contributed by atoms with Gasteiger partial charge in [0.2, 0.25) is 0 Å². The standard InChI is InChI=1S/C10H10ClFO2/c1-6(11)10(13)8-5-7(14-2)3-4-9(8)12/h3-6H,1-2H3. The van der Waals surface area contributed by atoms with Crippen LogP contribution in [0.5, 0.6) is 5.75 Å². The molecule has 0 aliphatic heterocycles. The summed E-state index contributed by atoms with van der Waals surface area (Å²) in [7, 11) is 1.45. The number of alkyl halides is 1. The minimum absolute atomic E-state index is 0.0353. The van der Waals surface area contributed by atoms with Gasteiger partial charge in [0.15, 0.2) is 5.78 Å². The van der Waals surface area contributed by atoms with Crippen molar-refractivity contribution < 1.29 is 13.9 Å². The summed E-state index contributed by atoms with van der Waals surface area (Å²) in [5.74, 6) is -0.585. The average Bonchev–Trinajstić information content (AvgIpc) is 2.17. The Morgan fingerprint density at radius 1 is 1.57 bits per heavy atom. The third-order valence-corrected chi connectivity index (χ3v) is 2.00. The first-order chi connectivity index (χ1) is 6.56. The molecule has 2 nitrogen and oxygen atoms in total. The summed E-state index contributed by atoms with van der Waals surface area (Å²) < 4.78 is 18.1. The summed E-state index contributed by atoms with van der Waals surface area (Å²) in [6.45, 7) is 1.50. The van der Waals surface area contributed by atoms with Crippen LogP contribution in [-0.2, 0) is 0 Å². The van der Waals surface area contributed by atoms with E-state index in [1.54, 1.807) is 0 Å². The molecule has 0 radical (unpaired) electrons. The summed E-state index contributed by atoms with van der Waals surface area (Å²) >= 11 is 5.57. The van der Waals surface area contributed by atoms with Crippen molar-refractivity contribution in [2.24, 2.45) is 0 Å². The normalized spacial score (nSPS) is 12.3. The molecule has 14 heavy (non-hydrogen) atoms. The third-order valence-electron chi connectivity index (χ3n) is 1.80. The van der Waals surface area contributed by atoms with E-state index in [1.165, 1.54) is 32.2 Å². The van der Waals surface area contributed by atoms with E-state index < -0.39 is 17.0 Å². The highest BCUT2D eigenvalue weighted by Gasteiger charge is 2.17. The predicted molar refractivity (Wildman–Crippen MR) is 52.6 cm³/mol. The van der Waals surface area contributed by atoms with Crippen molar-refractivity contribution in [3.05, 3.63) is 29.6 Å². The van der Waals surface area contributed by atoms with Crippen molar-refractivity contribution in [1.82, 2.24) is 0 Å². The van der Waals surface area contributed by atoms with Crippen LogP contribution in [0.4, 0.5) is 4.39 Å². The fourth-order valence-corrected chi connectivity index (χ4v) is 1.15. The zero-order valence-corrected chi connectivity index (χ0v) is 8.64. The molecular weight excluding hydrogens is 207 g/mol. The van der Waals surface area contributed by atoms with Crippen LogP contribution >= 0.6 is 11.6 Å². The van der Waals surface area contributed by atoms with Crippen LogP contribution < -0.4 is 4.74 Å². The van der Waals surface area contributed by atoms with E-state index in [0.29, 0.717) is 5.75 Å². The van der Waals surface area contributed by atoms with Crippen molar-refractivity contribution >= 4 is 17.4 Å². The Kier molecular flexibility index (Phi) is 3.47. The van der Waals surface area contributed by atoms with Crippen LogP contribution in [0.2, 0.25) is 0 Å². The van der Waals surface area contributed by atoms with Gasteiger partial charge in [-0.25, -0.2) is 4.39 Å². The Morgan fingerprint density at radius 2 is 2.21 bits per heavy atom. The Labute approximate surface area is 86.6 Å². The quantitative estimate of drug-likeness (QED) is 0.574. The monoisotopic (exact) mass is 216 g/mol. The molecule has 1 rings (SSSR count). The molecular formula is C10H10ClFO2. The van der Waals surface area contributed by atoms with Crippen LogP contribution in [-0.4, -0.2) is 18.3 Å². The van der Waals surface area contributed by atoms with E-state index in [-0.39, 0.29) is 5.56 Å². The van der Waals surface area contributed by atoms with Crippen molar-refractivity contribution in [3.8, 4) is 5.75 Å². The van der Waals surface area contributed by atoms with Gasteiger partial charge in [-0.3, -0.25) is 4.79 Å². The zero-order valence-electron chi connectivity index (χ0n) is 7.88. The maximum absolute atomic E-state index is 13.2. The van der Waals surface area contributed by atoms with E-state index in [9.17, 15) is 9.18 Å². The molecule has 0 fully saturated rings. The fourth-order valence-electron chi connectivity index (χ4n) is 1.03. The summed E-state index contributed by atoms with van der Waals surface area (Å²) in [6, 6.07) is 3.98. The first kappa shape index (κ1) is 11.0. The second-order valence-corrected chi connectivity index (χ2v) is 3.48. The highest BCUT2D eigenvalue weighted by atomic mass is 35.5. The van der Waals surface area contributed by atoms with Gasteiger partial charge in [0.05, 0.1) is 18.1 Å². The molecule has 0 saturated heterocycles. The summed E-state index contributed by atoms with van der Waals surface area (Å²) in [4.78, 5) is 11.4. The van der Waals surface area contributed by atoms with Crippen molar-refractivity contribution in [1.29, 1.82) is 0 Å². The number of rotatable bonds is 3. The van der Waals surface area contributed by atoms with E-state index in [4.69, 9.17) is 16.3 Å². The number of carbonyl (C=O) groups is 1. The number of halogens is 2. The maximum Gasteiger partial charge on any atom is 0.183 e. The lowest BCUT2D eigenvalue weighted by Crippen LogP contribution is -2.12. The lowest BCUT2D eigenvalue weighted by Gasteiger charge is -2.06. The highest BCUT2D eigenvalue weighted by Crippen LogP contribution is 2.19. The molecule has 1 unspecified atom stereocenters. The van der Waals surface area contributed by atoms with E-state index in [1.807, 2.05) is 0 Å². The summed E-state index contributed by atoms with van der Waals surface area (Å²) in [5, 5.41) is -0.739. The van der Waals surface area contributed by atoms with Crippen LogP contribution in [0.1, 0.15) is 17.3 Å². The van der Waals surface area contributed by atoms with E-state index in [0.717, 1.165) is 0 Å². The average molecular weight is 217 g/mol. The number of benzene rings is 1. The molecule has 4 heteroatoms. The number of ketones is 1. The largest absolute Gasteiger partial charge is 0.497 e. The summed E-state index contributed by atoms with van der Waals surface area (Å²) in [6.07, 6.45) is 0. The molecule has 0 spiro atoms. The topological polar surface area (TPSA) is 26.3 Å². The van der Waals surface area contributed by atoms with E-state index in [2.05, 4.69) is 0 Å². The minimum atomic E-state index is -0.739. The number of methoxy groups -OCH3 is 1. The van der Waals surface area contributed by atoms with Crippen LogP contribution in [0.3, 0.4) is 0 Å². The van der Waals surface area contributed by atoms with Crippen LogP contribution in [0, 0.1) is 5.82 Å². The maximum atomic E-state index is 13.2. The van der Waals surface area contributed by atoms with E-state index >= 15 is 0 Å². The lowest BCUT2D eigenvalue weighted by atomic mass is 10.1. The lowest BCUT2D eigenvalue weighted by molar-refractivity contribution is 0.0987. The molecule has 0 saturated carbocycles. The van der Waals surface area contributed by atoms with Gasteiger partial charge >= 0.3 is 0 Å². The molecule has 0 amide bonds. The molecule has 1 aromatic rings. The molecule has 0 heterocycles. The molecule has 0 bridgehead atoms. The van der Waals surface area contributed by atoms with Gasteiger partial charge in [0.1, 0.15) is 11.6 Å². The molecule has 1 atom stereocenters. The van der Waals surface area contributed by atoms with Gasteiger partial charge in [0.25, 0.3) is 0 Å². The molecule has 0 aromatic heterocycles. The second-order valence-electron chi connectivity index (χ2n) is 2.83. The van der Waals surface area contributed by atoms with Gasteiger partial charge in [-0.2, -0.15) is 0 Å². The fraction of sp³-hybridized carbons (Fsp3) is 0.300. The minimum Gasteiger partial charge on any atom is -0.497 e. The SMILES string of the molecule is COc1ccc(F)c(C(=O)C(C)Cl)c1. The number of carbonyl (C=O) groups excluding carboxylic acids is 1.